The fourth-order valence-electron chi connectivity index (χ4n) is 0.893. The Balaban J connectivity index is 3.19. The van der Waals surface area contributed by atoms with Crippen LogP contribution in [0.15, 0.2) is 18.2 Å². The molecule has 0 bridgehead atoms. The summed E-state index contributed by atoms with van der Waals surface area (Å²) in [5.41, 5.74) is -0.519. The monoisotopic (exact) mass is 254 g/mol. The molecule has 0 unspecified atom stereocenters. The first-order valence-corrected chi connectivity index (χ1v) is 4.52. The number of benzene rings is 1. The maximum Gasteiger partial charge on any atom is 0.419 e. The van der Waals surface area contributed by atoms with Crippen LogP contribution in [0.1, 0.15) is 11.1 Å². The number of rotatable bonds is 1. The zero-order valence-electron chi connectivity index (χ0n) is 6.40. The summed E-state index contributed by atoms with van der Waals surface area (Å²) in [5, 5.41) is 9.26. The van der Waals surface area contributed by atoms with Crippen molar-refractivity contribution in [2.45, 2.75) is 11.5 Å². The topological polar surface area (TPSA) is 20.2 Å². The number of alkyl halides is 4. The van der Waals surface area contributed by atoms with Gasteiger partial charge in [0, 0.05) is 5.33 Å². The third kappa shape index (κ3) is 2.37. The zero-order valence-corrected chi connectivity index (χ0v) is 7.98. The molecular formula is C8H6BrF3O. The van der Waals surface area contributed by atoms with Crippen LogP contribution in [0.2, 0.25) is 0 Å². The maximum atomic E-state index is 12.2. The summed E-state index contributed by atoms with van der Waals surface area (Å²) >= 11 is 3.03. The molecule has 0 saturated heterocycles. The zero-order chi connectivity index (χ0) is 10.1. The Kier molecular flexibility index (Phi) is 2.85. The minimum absolute atomic E-state index is 0.330. The number of hydrogen-bond donors (Lipinski definition) is 1. The molecule has 0 spiro atoms. The molecule has 0 saturated carbocycles. The average molecular weight is 255 g/mol. The van der Waals surface area contributed by atoms with Crippen molar-refractivity contribution in [1.29, 1.82) is 0 Å². The molecule has 0 atom stereocenters. The summed E-state index contributed by atoms with van der Waals surface area (Å²) in [4.78, 5) is 0. The molecule has 1 N–H and O–H groups in total. The fraction of sp³-hybridized carbons (Fsp3) is 0.250. The van der Waals surface area contributed by atoms with E-state index in [1.165, 1.54) is 6.07 Å². The van der Waals surface area contributed by atoms with Crippen LogP contribution in [0.4, 0.5) is 13.2 Å². The molecule has 0 aliphatic heterocycles. The molecule has 0 aliphatic carbocycles. The van der Waals surface area contributed by atoms with E-state index in [2.05, 4.69) is 15.9 Å². The molecule has 0 aromatic heterocycles. The van der Waals surface area contributed by atoms with Crippen molar-refractivity contribution >= 4 is 15.9 Å². The molecule has 0 radical (unpaired) electrons. The lowest BCUT2D eigenvalue weighted by Gasteiger charge is -2.09. The van der Waals surface area contributed by atoms with Crippen LogP contribution in [0.25, 0.3) is 0 Å². The first-order chi connectivity index (χ1) is 5.95. The molecule has 0 aliphatic rings. The number of aromatic hydroxyl groups is 1. The quantitative estimate of drug-likeness (QED) is 0.763. The first kappa shape index (κ1) is 10.4. The van der Waals surface area contributed by atoms with Gasteiger partial charge in [-0.15, -0.1) is 0 Å². The van der Waals surface area contributed by atoms with Gasteiger partial charge >= 0.3 is 6.18 Å². The molecule has 0 amide bonds. The Morgan fingerprint density at radius 2 is 1.92 bits per heavy atom. The fourth-order valence-corrected chi connectivity index (χ4v) is 1.24. The third-order valence-electron chi connectivity index (χ3n) is 1.52. The second-order valence-electron chi connectivity index (χ2n) is 2.48. The lowest BCUT2D eigenvalue weighted by molar-refractivity contribution is -0.138. The van der Waals surface area contributed by atoms with Gasteiger partial charge < -0.3 is 5.11 Å². The molecule has 0 fully saturated rings. The van der Waals surface area contributed by atoms with E-state index in [1.54, 1.807) is 0 Å². The van der Waals surface area contributed by atoms with Crippen LogP contribution in [-0.4, -0.2) is 5.11 Å². The van der Waals surface area contributed by atoms with Gasteiger partial charge in [0.25, 0.3) is 0 Å². The summed E-state index contributed by atoms with van der Waals surface area (Å²) in [7, 11) is 0. The molecular weight excluding hydrogens is 249 g/mol. The minimum Gasteiger partial charge on any atom is -0.507 e. The van der Waals surface area contributed by atoms with Crippen LogP contribution < -0.4 is 0 Å². The first-order valence-electron chi connectivity index (χ1n) is 3.40. The van der Waals surface area contributed by atoms with Crippen molar-refractivity contribution in [1.82, 2.24) is 0 Å². The summed E-state index contributed by atoms with van der Waals surface area (Å²) in [6, 6.07) is 3.39. The predicted molar refractivity (Wildman–Crippen MR) is 45.7 cm³/mol. The van der Waals surface area contributed by atoms with E-state index in [1.807, 2.05) is 0 Å². The van der Waals surface area contributed by atoms with Gasteiger partial charge in [-0.3, -0.25) is 0 Å². The number of phenols is 1. The van der Waals surface area contributed by atoms with Gasteiger partial charge in [0.15, 0.2) is 0 Å². The SMILES string of the molecule is Oc1ccc(CBr)cc1C(F)(F)F. The van der Waals surface area contributed by atoms with E-state index in [4.69, 9.17) is 5.11 Å². The van der Waals surface area contributed by atoms with Gasteiger partial charge in [-0.1, -0.05) is 22.0 Å². The second kappa shape index (κ2) is 3.57. The van der Waals surface area contributed by atoms with E-state index in [9.17, 15) is 13.2 Å². The Morgan fingerprint density at radius 3 is 2.38 bits per heavy atom. The Morgan fingerprint density at radius 1 is 1.31 bits per heavy atom. The molecule has 1 rings (SSSR count). The Hall–Kier alpha value is -0.710. The molecule has 5 heteroatoms. The van der Waals surface area contributed by atoms with Crippen LogP contribution in [-0.2, 0) is 11.5 Å². The molecule has 0 heterocycles. The maximum absolute atomic E-state index is 12.2. The number of halogens is 4. The Labute approximate surface area is 81.3 Å². The smallest absolute Gasteiger partial charge is 0.419 e. The molecule has 72 valence electrons. The highest BCUT2D eigenvalue weighted by Gasteiger charge is 2.33. The largest absolute Gasteiger partial charge is 0.507 e. The summed E-state index contributed by atoms with van der Waals surface area (Å²) < 4.78 is 36.6. The van der Waals surface area contributed by atoms with Gasteiger partial charge in [0.1, 0.15) is 5.75 Å². The molecule has 13 heavy (non-hydrogen) atoms. The summed E-state index contributed by atoms with van der Waals surface area (Å²) in [6.07, 6.45) is -4.50. The highest BCUT2D eigenvalue weighted by Crippen LogP contribution is 2.36. The van der Waals surface area contributed by atoms with Crippen molar-refractivity contribution in [2.24, 2.45) is 0 Å². The lowest BCUT2D eigenvalue weighted by atomic mass is 10.1. The standard InChI is InChI=1S/C8H6BrF3O/c9-4-5-1-2-7(13)6(3-5)8(10,11)12/h1-3,13H,4H2. The second-order valence-corrected chi connectivity index (χ2v) is 3.04. The van der Waals surface area contributed by atoms with Gasteiger partial charge in [-0.2, -0.15) is 13.2 Å². The molecule has 1 nitrogen and oxygen atoms in total. The van der Waals surface area contributed by atoms with Crippen molar-refractivity contribution in [2.75, 3.05) is 0 Å². The van der Waals surface area contributed by atoms with E-state index in [0.29, 0.717) is 10.9 Å². The highest BCUT2D eigenvalue weighted by molar-refractivity contribution is 9.08. The number of hydrogen-bond acceptors (Lipinski definition) is 1. The normalized spacial score (nSPS) is 11.7. The molecule has 1 aromatic rings. The van der Waals surface area contributed by atoms with Gasteiger partial charge in [0.2, 0.25) is 0 Å². The highest BCUT2D eigenvalue weighted by atomic mass is 79.9. The van der Waals surface area contributed by atoms with Crippen molar-refractivity contribution < 1.29 is 18.3 Å². The van der Waals surface area contributed by atoms with E-state index >= 15 is 0 Å². The van der Waals surface area contributed by atoms with E-state index < -0.39 is 17.5 Å². The van der Waals surface area contributed by atoms with Gasteiger partial charge in [-0.25, -0.2) is 0 Å². The van der Waals surface area contributed by atoms with E-state index in [0.717, 1.165) is 12.1 Å². The van der Waals surface area contributed by atoms with Crippen molar-refractivity contribution in [3.8, 4) is 5.75 Å². The predicted octanol–water partition coefficient (Wildman–Crippen LogP) is 3.31. The minimum atomic E-state index is -4.50. The average Bonchev–Trinajstić information content (AvgIpc) is 2.03. The van der Waals surface area contributed by atoms with Gasteiger partial charge in [0.05, 0.1) is 5.56 Å². The van der Waals surface area contributed by atoms with Crippen LogP contribution in [0.3, 0.4) is 0 Å². The third-order valence-corrected chi connectivity index (χ3v) is 2.17. The van der Waals surface area contributed by atoms with Crippen LogP contribution >= 0.6 is 15.9 Å². The molecule has 1 aromatic carbocycles. The Bertz CT molecular complexity index is 309. The van der Waals surface area contributed by atoms with Crippen LogP contribution in [0, 0.1) is 0 Å². The van der Waals surface area contributed by atoms with Crippen LogP contribution in [0.5, 0.6) is 5.75 Å². The summed E-state index contributed by atoms with van der Waals surface area (Å²) in [6.45, 7) is 0. The van der Waals surface area contributed by atoms with Crippen molar-refractivity contribution in [3.05, 3.63) is 29.3 Å². The number of phenolic OH excluding ortho intramolecular Hbond substituents is 1. The van der Waals surface area contributed by atoms with Gasteiger partial charge in [-0.05, 0) is 17.7 Å². The summed E-state index contributed by atoms with van der Waals surface area (Å²) in [5.74, 6) is -0.739. The van der Waals surface area contributed by atoms with Crippen molar-refractivity contribution in [3.63, 3.8) is 0 Å². The van der Waals surface area contributed by atoms with E-state index in [-0.39, 0.29) is 0 Å². The lowest BCUT2D eigenvalue weighted by Crippen LogP contribution is -2.05.